The molecule has 0 saturated carbocycles. The fraction of sp³-hybridized carbons (Fsp3) is 0.375. The fourth-order valence-corrected chi connectivity index (χ4v) is 3.87. The van der Waals surface area contributed by atoms with Gasteiger partial charge in [0.25, 0.3) is 0 Å². The van der Waals surface area contributed by atoms with Crippen LogP contribution in [0.3, 0.4) is 0 Å². The summed E-state index contributed by atoms with van der Waals surface area (Å²) in [6.45, 7) is 2.49. The van der Waals surface area contributed by atoms with Gasteiger partial charge in [0.2, 0.25) is 0 Å². The van der Waals surface area contributed by atoms with E-state index in [-0.39, 0.29) is 39.1 Å². The van der Waals surface area contributed by atoms with Crippen LogP contribution >= 0.6 is 0 Å². The maximum absolute atomic E-state index is 13.0. The van der Waals surface area contributed by atoms with Crippen LogP contribution in [0.1, 0.15) is 25.3 Å². The summed E-state index contributed by atoms with van der Waals surface area (Å²) >= 11 is 0. The molecule has 32 heavy (non-hydrogen) atoms. The lowest BCUT2D eigenvalue weighted by Crippen LogP contribution is -2.63. The summed E-state index contributed by atoms with van der Waals surface area (Å²) in [7, 11) is 1.29. The van der Waals surface area contributed by atoms with E-state index < -0.39 is 23.7 Å². The number of nitrogens with zero attached hydrogens (tertiary/aromatic N) is 2. The molecule has 170 valence electrons. The molecule has 0 aliphatic carbocycles. The Morgan fingerprint density at radius 1 is 0.938 bits per heavy atom. The van der Waals surface area contributed by atoms with E-state index in [9.17, 15) is 14.4 Å². The van der Waals surface area contributed by atoms with Gasteiger partial charge in [-0.15, -0.1) is 0 Å². The number of ether oxygens (including phenoxy) is 3. The number of methoxy groups -OCH3 is 1. The predicted octanol–water partition coefficient (Wildman–Crippen LogP) is 3.99. The number of carbonyl (C=O) groups is 3. The standard InChI is InChI=1S/C24H28N2O6/c1-3-31-23(29)26(20-12-8-5-9-13-20)24(21(27)30-2)14-16-25(17-15-24)22(28)32-18-19-10-6-4-7-11-19/h4-13H,3,14-18H2,1-2H3. The molecule has 1 heterocycles. The quantitative estimate of drug-likeness (QED) is 0.499. The SMILES string of the molecule is CCOC(=O)N(c1ccccc1)C1(C(=O)OC)CCN(C(=O)OCc2ccccc2)CC1. The van der Waals surface area contributed by atoms with Gasteiger partial charge in [-0.1, -0.05) is 48.5 Å². The van der Waals surface area contributed by atoms with E-state index in [2.05, 4.69) is 0 Å². The first-order chi connectivity index (χ1) is 15.5. The Morgan fingerprint density at radius 3 is 2.09 bits per heavy atom. The molecular weight excluding hydrogens is 412 g/mol. The van der Waals surface area contributed by atoms with Crippen LogP contribution in [0.15, 0.2) is 60.7 Å². The molecule has 8 heteroatoms. The normalized spacial score (nSPS) is 14.9. The van der Waals surface area contributed by atoms with Crippen molar-refractivity contribution in [1.29, 1.82) is 0 Å². The minimum Gasteiger partial charge on any atom is -0.467 e. The van der Waals surface area contributed by atoms with Gasteiger partial charge in [-0.05, 0) is 37.5 Å². The van der Waals surface area contributed by atoms with E-state index in [0.29, 0.717) is 5.69 Å². The molecule has 0 bridgehead atoms. The number of benzene rings is 2. The van der Waals surface area contributed by atoms with Crippen LogP contribution in [0, 0.1) is 0 Å². The van der Waals surface area contributed by atoms with Crippen molar-refractivity contribution in [3.05, 3.63) is 66.2 Å². The summed E-state index contributed by atoms with van der Waals surface area (Å²) in [5.74, 6) is -0.549. The number of hydrogen-bond donors (Lipinski definition) is 0. The molecule has 0 aromatic heterocycles. The van der Waals surface area contributed by atoms with Crippen LogP contribution in [0.5, 0.6) is 0 Å². The van der Waals surface area contributed by atoms with Crippen molar-refractivity contribution >= 4 is 23.8 Å². The van der Waals surface area contributed by atoms with Gasteiger partial charge in [0.05, 0.1) is 13.7 Å². The average molecular weight is 440 g/mol. The minimum absolute atomic E-state index is 0.164. The molecule has 0 atom stereocenters. The maximum atomic E-state index is 13.0. The zero-order chi connectivity index (χ0) is 23.0. The third-order valence-electron chi connectivity index (χ3n) is 5.51. The van der Waals surface area contributed by atoms with Crippen molar-refractivity contribution in [2.45, 2.75) is 31.9 Å². The molecule has 0 spiro atoms. The molecule has 2 amide bonds. The Bertz CT molecular complexity index is 911. The zero-order valence-corrected chi connectivity index (χ0v) is 18.4. The molecule has 1 aliphatic rings. The van der Waals surface area contributed by atoms with Gasteiger partial charge in [-0.25, -0.2) is 14.4 Å². The van der Waals surface area contributed by atoms with E-state index in [1.807, 2.05) is 36.4 Å². The molecule has 1 saturated heterocycles. The second-order valence-electron chi connectivity index (χ2n) is 7.42. The van der Waals surface area contributed by atoms with Gasteiger partial charge in [0, 0.05) is 18.8 Å². The van der Waals surface area contributed by atoms with Crippen LogP contribution in [-0.2, 0) is 25.6 Å². The lowest BCUT2D eigenvalue weighted by Gasteiger charge is -2.45. The second kappa shape index (κ2) is 10.7. The molecule has 1 fully saturated rings. The number of hydrogen-bond acceptors (Lipinski definition) is 6. The Labute approximate surface area is 187 Å². The van der Waals surface area contributed by atoms with Crippen molar-refractivity contribution < 1.29 is 28.6 Å². The van der Waals surface area contributed by atoms with Gasteiger partial charge in [0.1, 0.15) is 6.61 Å². The molecule has 0 unspecified atom stereocenters. The van der Waals surface area contributed by atoms with Crippen molar-refractivity contribution in [2.75, 3.05) is 31.7 Å². The van der Waals surface area contributed by atoms with E-state index in [1.165, 1.54) is 12.0 Å². The molecule has 1 aliphatic heterocycles. The van der Waals surface area contributed by atoms with Gasteiger partial charge in [-0.2, -0.15) is 0 Å². The highest BCUT2D eigenvalue weighted by Crippen LogP contribution is 2.35. The molecule has 0 N–H and O–H groups in total. The maximum Gasteiger partial charge on any atom is 0.415 e. The summed E-state index contributed by atoms with van der Waals surface area (Å²) < 4.78 is 15.8. The third kappa shape index (κ3) is 5.01. The number of amides is 2. The van der Waals surface area contributed by atoms with Gasteiger partial charge < -0.3 is 19.1 Å². The number of likely N-dealkylation sites (tertiary alicyclic amines) is 1. The molecule has 3 rings (SSSR count). The third-order valence-corrected chi connectivity index (χ3v) is 5.51. The number of carbonyl (C=O) groups excluding carboxylic acids is 3. The lowest BCUT2D eigenvalue weighted by atomic mass is 9.85. The van der Waals surface area contributed by atoms with Crippen molar-refractivity contribution in [3.63, 3.8) is 0 Å². The summed E-state index contributed by atoms with van der Waals surface area (Å²) in [6, 6.07) is 18.3. The number of anilines is 1. The van der Waals surface area contributed by atoms with Crippen LogP contribution < -0.4 is 4.90 Å². The highest BCUT2D eigenvalue weighted by atomic mass is 16.6. The molecular formula is C24H28N2O6. The Morgan fingerprint density at radius 2 is 1.53 bits per heavy atom. The first-order valence-corrected chi connectivity index (χ1v) is 10.6. The summed E-state index contributed by atoms with van der Waals surface area (Å²) in [4.78, 5) is 41.4. The molecule has 0 radical (unpaired) electrons. The van der Waals surface area contributed by atoms with Gasteiger partial charge in [-0.3, -0.25) is 4.90 Å². The smallest absolute Gasteiger partial charge is 0.415 e. The van der Waals surface area contributed by atoms with Crippen molar-refractivity contribution in [2.24, 2.45) is 0 Å². The number of esters is 1. The van der Waals surface area contributed by atoms with E-state index in [1.54, 1.807) is 36.1 Å². The summed E-state index contributed by atoms with van der Waals surface area (Å²) in [5, 5.41) is 0. The highest BCUT2D eigenvalue weighted by Gasteiger charge is 2.51. The number of piperidine rings is 1. The van der Waals surface area contributed by atoms with Crippen LogP contribution in [0.2, 0.25) is 0 Å². The molecule has 2 aromatic carbocycles. The Kier molecular flexibility index (Phi) is 7.70. The average Bonchev–Trinajstić information content (AvgIpc) is 2.84. The summed E-state index contributed by atoms with van der Waals surface area (Å²) in [6.07, 6.45) is -0.722. The zero-order valence-electron chi connectivity index (χ0n) is 18.4. The monoisotopic (exact) mass is 440 g/mol. The van der Waals surface area contributed by atoms with E-state index >= 15 is 0 Å². The fourth-order valence-electron chi connectivity index (χ4n) is 3.87. The molecule has 2 aromatic rings. The first-order valence-electron chi connectivity index (χ1n) is 10.6. The highest BCUT2D eigenvalue weighted by molar-refractivity contribution is 5.99. The van der Waals surface area contributed by atoms with Gasteiger partial charge in [0.15, 0.2) is 5.54 Å². The predicted molar refractivity (Wildman–Crippen MR) is 118 cm³/mol. The van der Waals surface area contributed by atoms with Crippen molar-refractivity contribution in [1.82, 2.24) is 4.90 Å². The largest absolute Gasteiger partial charge is 0.467 e. The van der Waals surface area contributed by atoms with E-state index in [4.69, 9.17) is 14.2 Å². The number of rotatable bonds is 6. The minimum atomic E-state index is -1.29. The van der Waals surface area contributed by atoms with Crippen LogP contribution in [0.4, 0.5) is 15.3 Å². The number of para-hydroxylation sites is 1. The molecule has 8 nitrogen and oxygen atoms in total. The lowest BCUT2D eigenvalue weighted by molar-refractivity contribution is -0.149. The Hall–Kier alpha value is -3.55. The summed E-state index contributed by atoms with van der Waals surface area (Å²) in [5.41, 5.74) is 0.120. The van der Waals surface area contributed by atoms with Crippen LogP contribution in [-0.4, -0.2) is 55.4 Å². The second-order valence-corrected chi connectivity index (χ2v) is 7.42. The van der Waals surface area contributed by atoms with Crippen LogP contribution in [0.25, 0.3) is 0 Å². The Balaban J connectivity index is 1.78. The first kappa shape index (κ1) is 23.1. The topological polar surface area (TPSA) is 85.4 Å². The van der Waals surface area contributed by atoms with E-state index in [0.717, 1.165) is 5.56 Å². The van der Waals surface area contributed by atoms with Crippen molar-refractivity contribution in [3.8, 4) is 0 Å². The van der Waals surface area contributed by atoms with Gasteiger partial charge >= 0.3 is 18.2 Å².